The summed E-state index contributed by atoms with van der Waals surface area (Å²) in [6.45, 7) is 0. The van der Waals surface area contributed by atoms with Gasteiger partial charge in [-0.1, -0.05) is 0 Å². The number of hydrazine groups is 1. The van der Waals surface area contributed by atoms with Crippen LogP contribution in [0.1, 0.15) is 0 Å². The first kappa shape index (κ1) is 21.1. The number of rotatable bonds is 0. The van der Waals surface area contributed by atoms with Crippen molar-refractivity contribution in [3.8, 4) is 0 Å². The van der Waals surface area contributed by atoms with Crippen molar-refractivity contribution < 1.29 is 0 Å². The van der Waals surface area contributed by atoms with Crippen LogP contribution in [0.25, 0.3) is 0 Å². The highest BCUT2D eigenvalue weighted by molar-refractivity contribution is 3.54. The van der Waals surface area contributed by atoms with Gasteiger partial charge in [0.1, 0.15) is 0 Å². The van der Waals surface area contributed by atoms with E-state index in [4.69, 9.17) is 0 Å². The fraction of sp³-hybridized carbons (Fsp3) is 1.00. The van der Waals surface area contributed by atoms with E-state index in [0.717, 1.165) is 0 Å². The van der Waals surface area contributed by atoms with Crippen LogP contribution >= 0.6 is 0 Å². The van der Waals surface area contributed by atoms with Crippen molar-refractivity contribution >= 4 is 0 Å². The molecule has 9 N–H and O–H groups in total. The Labute approximate surface area is 31.9 Å². The van der Waals surface area contributed by atoms with Gasteiger partial charge < -0.3 is 11.9 Å². The Morgan fingerprint density at radius 2 is 1.00 bits per heavy atom. The van der Waals surface area contributed by atoms with Gasteiger partial charge in [-0.2, -0.15) is 0 Å². The fourth-order valence-electron chi connectivity index (χ4n) is 0. The van der Waals surface area contributed by atoms with Crippen LogP contribution in [0.3, 0.4) is 0 Å². The quantitative estimate of drug-likeness (QED) is 0.211. The second-order valence-electron chi connectivity index (χ2n) is 0. The first-order valence-corrected chi connectivity index (χ1v) is 0.911. The SMILES string of the molecule is CN.N.NN. The summed E-state index contributed by atoms with van der Waals surface area (Å²) in [6.07, 6.45) is 0. The predicted octanol–water partition coefficient (Wildman–Crippen LogP) is -1.44. The van der Waals surface area contributed by atoms with E-state index in [0.29, 0.717) is 0 Å². The third kappa shape index (κ3) is 508. The van der Waals surface area contributed by atoms with Gasteiger partial charge in [0, 0.05) is 0 Å². The molecule has 0 aromatic rings. The van der Waals surface area contributed by atoms with Crippen molar-refractivity contribution in [2.24, 2.45) is 17.4 Å². The highest BCUT2D eigenvalue weighted by Crippen LogP contribution is 0.469. The summed E-state index contributed by atoms with van der Waals surface area (Å²) in [5, 5.41) is 0. The third-order valence-corrected chi connectivity index (χ3v) is 0. The van der Waals surface area contributed by atoms with E-state index in [-0.39, 0.29) is 6.15 Å². The second kappa shape index (κ2) is 1210. The summed E-state index contributed by atoms with van der Waals surface area (Å²) in [6, 6.07) is 0. The highest BCUT2D eigenvalue weighted by Gasteiger charge is 0.836. The summed E-state index contributed by atoms with van der Waals surface area (Å²) >= 11 is 0. The van der Waals surface area contributed by atoms with Crippen LogP contribution in [0.2, 0.25) is 0 Å². The molecule has 0 heterocycles. The van der Waals surface area contributed by atoms with Crippen molar-refractivity contribution in [3.63, 3.8) is 0 Å². The van der Waals surface area contributed by atoms with Gasteiger partial charge in [0.15, 0.2) is 0 Å². The Kier molecular flexibility index (Phi) is 5100. The monoisotopic (exact) mass is 80.1 g/mol. The van der Waals surface area contributed by atoms with E-state index < -0.39 is 0 Å². The van der Waals surface area contributed by atoms with Crippen LogP contribution in [-0.2, 0) is 0 Å². The fourth-order valence-corrected chi connectivity index (χ4v) is 0. The molecule has 0 aliphatic rings. The van der Waals surface area contributed by atoms with Gasteiger partial charge in [0.05, 0.1) is 0 Å². The van der Waals surface area contributed by atoms with E-state index in [1.54, 1.807) is 0 Å². The van der Waals surface area contributed by atoms with E-state index in [1.165, 1.54) is 7.05 Å². The molecular weight excluding hydrogens is 68.0 g/mol. The van der Waals surface area contributed by atoms with Crippen molar-refractivity contribution in [3.05, 3.63) is 0 Å². The molecule has 0 aliphatic carbocycles. The molecule has 0 aromatic heterocycles. The minimum Gasteiger partial charge on any atom is -0.344 e. The molecule has 0 radical (unpaired) electrons. The van der Waals surface area contributed by atoms with Crippen molar-refractivity contribution in [1.82, 2.24) is 6.15 Å². The molecule has 0 fully saturated rings. The number of hydrogen-bond acceptors (Lipinski definition) is 4. The molecule has 0 unspecified atom stereocenters. The summed E-state index contributed by atoms with van der Waals surface area (Å²) in [7, 11) is 1.50. The maximum Gasteiger partial charge on any atom is -0.0195 e. The topological polar surface area (TPSA) is 113 Å². The van der Waals surface area contributed by atoms with E-state index >= 15 is 0 Å². The van der Waals surface area contributed by atoms with Gasteiger partial charge >= 0.3 is 0 Å². The Morgan fingerprint density at radius 3 is 1.00 bits per heavy atom. The zero-order valence-corrected chi connectivity index (χ0v) is 3.44. The lowest BCUT2D eigenvalue weighted by molar-refractivity contribution is 1.26. The summed E-state index contributed by atoms with van der Waals surface area (Å²) in [5.41, 5.74) is 4.50. The van der Waals surface area contributed by atoms with Gasteiger partial charge in [0.2, 0.25) is 0 Å². The summed E-state index contributed by atoms with van der Waals surface area (Å²) in [5.74, 6) is 8.00. The molecule has 4 nitrogen and oxygen atoms in total. The van der Waals surface area contributed by atoms with Crippen LogP contribution < -0.4 is 23.6 Å². The molecule has 0 atom stereocenters. The standard InChI is InChI=1S/CH5N.H4N2.H3N/c2*1-2;/h2H2,1H3;1-2H2;1H3. The van der Waals surface area contributed by atoms with Gasteiger partial charge in [-0.25, -0.2) is 0 Å². The largest absolute Gasteiger partial charge is 0.344 e. The molecule has 0 aromatic carbocycles. The predicted molar refractivity (Wildman–Crippen MR) is 23.5 cm³/mol. The van der Waals surface area contributed by atoms with Crippen LogP contribution in [-0.4, -0.2) is 7.05 Å². The summed E-state index contributed by atoms with van der Waals surface area (Å²) in [4.78, 5) is 0. The van der Waals surface area contributed by atoms with Gasteiger partial charge in [-0.3, -0.25) is 11.7 Å². The van der Waals surface area contributed by atoms with E-state index in [9.17, 15) is 0 Å². The van der Waals surface area contributed by atoms with E-state index in [2.05, 4.69) is 17.4 Å². The summed E-state index contributed by atoms with van der Waals surface area (Å²) < 4.78 is 0. The Morgan fingerprint density at radius 1 is 1.00 bits per heavy atom. The molecule has 0 rings (SSSR count). The number of hydrogen-bond donors (Lipinski definition) is 4. The molecular formula is CH12N4. The van der Waals surface area contributed by atoms with Gasteiger partial charge in [-0.05, 0) is 7.05 Å². The van der Waals surface area contributed by atoms with Crippen LogP contribution in [0.5, 0.6) is 0 Å². The molecule has 0 aliphatic heterocycles. The smallest absolute Gasteiger partial charge is 0.0195 e. The first-order chi connectivity index (χ1) is 2.00. The Balaban J connectivity index is -0.0000000133. The normalized spacial score (nSPS) is 2.40. The van der Waals surface area contributed by atoms with Gasteiger partial charge in [-0.15, -0.1) is 0 Å². The number of nitrogens with two attached hydrogens (primary N) is 3. The second-order valence-corrected chi connectivity index (χ2v) is 0. The highest BCUT2D eigenvalue weighted by atomic mass is 15.0. The van der Waals surface area contributed by atoms with Crippen LogP contribution in [0, 0.1) is 0 Å². The zero-order chi connectivity index (χ0) is 4.00. The Hall–Kier alpha value is -0.160. The molecule has 0 saturated heterocycles. The van der Waals surface area contributed by atoms with Crippen LogP contribution in [0.4, 0.5) is 0 Å². The maximum atomic E-state index is 4.50. The van der Waals surface area contributed by atoms with E-state index in [1.807, 2.05) is 0 Å². The van der Waals surface area contributed by atoms with Crippen molar-refractivity contribution in [2.75, 3.05) is 7.05 Å². The minimum absolute atomic E-state index is 0. The Bertz CT molecular complexity index is 3.61. The van der Waals surface area contributed by atoms with Crippen molar-refractivity contribution in [1.29, 1.82) is 0 Å². The molecule has 0 spiro atoms. The average Bonchev–Trinajstić information content (AvgIpc) is 1.50. The first-order valence-electron chi connectivity index (χ1n) is 0.911. The molecule has 0 amide bonds. The molecule has 0 bridgehead atoms. The lowest BCUT2D eigenvalue weighted by Gasteiger charge is -1.27. The molecule has 4 heteroatoms. The third-order valence-electron chi connectivity index (χ3n) is 0. The molecule has 5 heavy (non-hydrogen) atoms. The lowest BCUT2D eigenvalue weighted by Crippen LogP contribution is -2.02. The minimum atomic E-state index is 0. The van der Waals surface area contributed by atoms with Gasteiger partial charge in [0.25, 0.3) is 0 Å². The zero-order valence-electron chi connectivity index (χ0n) is 3.44. The maximum absolute atomic E-state index is 4.50. The lowest BCUT2D eigenvalue weighted by atomic mass is 11.6. The van der Waals surface area contributed by atoms with Crippen LogP contribution in [0.15, 0.2) is 0 Å². The molecule has 0 saturated carbocycles. The molecule has 36 valence electrons. The average molecular weight is 80.1 g/mol. The van der Waals surface area contributed by atoms with Crippen molar-refractivity contribution in [2.45, 2.75) is 0 Å².